The average Bonchev–Trinajstić information content (AvgIpc) is 2.68. The van der Waals surface area contributed by atoms with Gasteiger partial charge in [-0.2, -0.15) is 0 Å². The molecule has 2 aromatic rings. The van der Waals surface area contributed by atoms with Crippen molar-refractivity contribution >= 4 is 22.9 Å². The smallest absolute Gasteiger partial charge is 0.330 e. The molecule has 2 rings (SSSR count). The minimum Gasteiger partial charge on any atom is -0.466 e. The largest absolute Gasteiger partial charge is 0.466 e. The monoisotopic (exact) mass is 219 g/mol. The first kappa shape index (κ1) is 10.4. The maximum atomic E-state index is 13.0. The molecule has 0 aliphatic rings. The lowest BCUT2D eigenvalue weighted by Crippen LogP contribution is -1.92. The van der Waals surface area contributed by atoms with Crippen molar-refractivity contribution in [1.82, 2.24) is 4.98 Å². The van der Waals surface area contributed by atoms with Crippen LogP contribution < -0.4 is 0 Å². The van der Waals surface area contributed by atoms with Gasteiger partial charge in [0.1, 0.15) is 5.82 Å². The lowest BCUT2D eigenvalue weighted by atomic mass is 10.1. The number of esters is 1. The van der Waals surface area contributed by atoms with E-state index >= 15 is 0 Å². The number of hydrogen-bond acceptors (Lipinski definition) is 2. The van der Waals surface area contributed by atoms with Crippen LogP contribution in [0, 0.1) is 5.82 Å². The molecule has 0 radical (unpaired) electrons. The van der Waals surface area contributed by atoms with Crippen LogP contribution >= 0.6 is 0 Å². The van der Waals surface area contributed by atoms with Crippen LogP contribution in [0.15, 0.2) is 30.5 Å². The summed E-state index contributed by atoms with van der Waals surface area (Å²) in [5.41, 5.74) is 1.57. The van der Waals surface area contributed by atoms with Crippen LogP contribution in [0.2, 0.25) is 0 Å². The molecule has 0 aliphatic heterocycles. The number of aromatic nitrogens is 1. The molecule has 0 saturated carbocycles. The van der Waals surface area contributed by atoms with Crippen molar-refractivity contribution in [2.75, 3.05) is 7.11 Å². The molecule has 0 atom stereocenters. The van der Waals surface area contributed by atoms with E-state index in [0.717, 1.165) is 16.5 Å². The first-order valence-corrected chi connectivity index (χ1v) is 4.73. The second kappa shape index (κ2) is 4.18. The molecule has 1 aromatic heterocycles. The summed E-state index contributed by atoms with van der Waals surface area (Å²) in [5, 5.41) is 0.736. The quantitative estimate of drug-likeness (QED) is 0.622. The lowest BCUT2D eigenvalue weighted by molar-refractivity contribution is -0.134. The highest BCUT2D eigenvalue weighted by Crippen LogP contribution is 2.20. The molecular formula is C12H10FNO2. The van der Waals surface area contributed by atoms with Crippen molar-refractivity contribution in [3.05, 3.63) is 41.9 Å². The van der Waals surface area contributed by atoms with Crippen molar-refractivity contribution < 1.29 is 13.9 Å². The van der Waals surface area contributed by atoms with Crippen molar-refractivity contribution in [3.8, 4) is 0 Å². The Labute approximate surface area is 91.5 Å². The molecule has 1 aromatic carbocycles. The van der Waals surface area contributed by atoms with E-state index < -0.39 is 5.97 Å². The molecule has 0 aliphatic carbocycles. The average molecular weight is 219 g/mol. The van der Waals surface area contributed by atoms with E-state index in [-0.39, 0.29) is 5.82 Å². The van der Waals surface area contributed by atoms with Crippen LogP contribution in [0.5, 0.6) is 0 Å². The van der Waals surface area contributed by atoms with Gasteiger partial charge in [0.2, 0.25) is 0 Å². The Bertz CT molecular complexity index is 557. The van der Waals surface area contributed by atoms with Crippen molar-refractivity contribution in [2.24, 2.45) is 0 Å². The molecule has 0 spiro atoms. The zero-order chi connectivity index (χ0) is 11.5. The van der Waals surface area contributed by atoms with Crippen LogP contribution in [0.4, 0.5) is 4.39 Å². The molecular weight excluding hydrogens is 209 g/mol. The summed E-state index contributed by atoms with van der Waals surface area (Å²) < 4.78 is 17.5. The van der Waals surface area contributed by atoms with Gasteiger partial charge in [0, 0.05) is 28.7 Å². The molecule has 0 amide bonds. The molecule has 82 valence electrons. The van der Waals surface area contributed by atoms with Crippen LogP contribution in [0.3, 0.4) is 0 Å². The second-order valence-electron chi connectivity index (χ2n) is 3.29. The highest BCUT2D eigenvalue weighted by molar-refractivity contribution is 5.93. The summed E-state index contributed by atoms with van der Waals surface area (Å²) in [6.07, 6.45) is 4.60. The Hall–Kier alpha value is -2.10. The number of hydrogen-bond donors (Lipinski definition) is 1. The van der Waals surface area contributed by atoms with E-state index in [4.69, 9.17) is 0 Å². The van der Waals surface area contributed by atoms with Gasteiger partial charge in [0.05, 0.1) is 7.11 Å². The van der Waals surface area contributed by atoms with Gasteiger partial charge in [-0.25, -0.2) is 9.18 Å². The van der Waals surface area contributed by atoms with E-state index in [1.54, 1.807) is 18.3 Å². The molecule has 0 fully saturated rings. The standard InChI is InChI=1S/C12H10FNO2/c1-16-12(15)5-2-8-7-14-11-4-3-9(13)6-10(8)11/h2-7,14H,1H3/b5-2+. The maximum absolute atomic E-state index is 13.0. The highest BCUT2D eigenvalue weighted by atomic mass is 19.1. The molecule has 1 N–H and O–H groups in total. The van der Waals surface area contributed by atoms with Gasteiger partial charge in [0.15, 0.2) is 0 Å². The molecule has 3 nitrogen and oxygen atoms in total. The van der Waals surface area contributed by atoms with Gasteiger partial charge >= 0.3 is 5.97 Å². The predicted molar refractivity (Wildman–Crippen MR) is 59.3 cm³/mol. The van der Waals surface area contributed by atoms with E-state index in [1.165, 1.54) is 25.3 Å². The number of halogens is 1. The van der Waals surface area contributed by atoms with Gasteiger partial charge in [0.25, 0.3) is 0 Å². The highest BCUT2D eigenvalue weighted by Gasteiger charge is 2.02. The van der Waals surface area contributed by atoms with Gasteiger partial charge in [-0.05, 0) is 24.3 Å². The summed E-state index contributed by atoms with van der Waals surface area (Å²) in [5.74, 6) is -0.745. The number of fused-ring (bicyclic) bond motifs is 1. The molecule has 1 heterocycles. The molecule has 0 saturated heterocycles. The van der Waals surface area contributed by atoms with Gasteiger partial charge in [-0.1, -0.05) is 0 Å². The Morgan fingerprint density at radius 3 is 3.06 bits per heavy atom. The maximum Gasteiger partial charge on any atom is 0.330 e. The number of benzene rings is 1. The van der Waals surface area contributed by atoms with Gasteiger partial charge in [-0.3, -0.25) is 0 Å². The first-order chi connectivity index (χ1) is 7.70. The van der Waals surface area contributed by atoms with Crippen LogP contribution in [-0.2, 0) is 9.53 Å². The topological polar surface area (TPSA) is 42.1 Å². The third-order valence-electron chi connectivity index (χ3n) is 2.28. The van der Waals surface area contributed by atoms with Gasteiger partial charge < -0.3 is 9.72 Å². The van der Waals surface area contributed by atoms with Crippen molar-refractivity contribution in [3.63, 3.8) is 0 Å². The van der Waals surface area contributed by atoms with E-state index in [2.05, 4.69) is 9.72 Å². The Balaban J connectivity index is 2.41. The number of aromatic amines is 1. The lowest BCUT2D eigenvalue weighted by Gasteiger charge is -1.93. The fourth-order valence-electron chi connectivity index (χ4n) is 1.48. The summed E-state index contributed by atoms with van der Waals surface area (Å²) in [6, 6.07) is 4.45. The van der Waals surface area contributed by atoms with Gasteiger partial charge in [-0.15, -0.1) is 0 Å². The number of carbonyl (C=O) groups excluding carboxylic acids is 1. The molecule has 0 unspecified atom stereocenters. The molecule has 4 heteroatoms. The van der Waals surface area contributed by atoms with Crippen molar-refractivity contribution in [2.45, 2.75) is 0 Å². The fraction of sp³-hybridized carbons (Fsp3) is 0.0833. The van der Waals surface area contributed by atoms with Crippen LogP contribution in [0.1, 0.15) is 5.56 Å². The Kier molecular flexibility index (Phi) is 2.72. The van der Waals surface area contributed by atoms with Crippen LogP contribution in [-0.4, -0.2) is 18.1 Å². The summed E-state index contributed by atoms with van der Waals surface area (Å²) in [4.78, 5) is 13.9. The number of carbonyl (C=O) groups is 1. The number of methoxy groups -OCH3 is 1. The minimum absolute atomic E-state index is 0.306. The third-order valence-corrected chi connectivity index (χ3v) is 2.28. The SMILES string of the molecule is COC(=O)/C=C/c1c[nH]c2ccc(F)cc12. The number of H-pyrrole nitrogens is 1. The Morgan fingerprint density at radius 1 is 1.50 bits per heavy atom. The number of nitrogens with one attached hydrogen (secondary N) is 1. The third kappa shape index (κ3) is 1.95. The first-order valence-electron chi connectivity index (χ1n) is 4.73. The fourth-order valence-corrected chi connectivity index (χ4v) is 1.48. The summed E-state index contributed by atoms with van der Waals surface area (Å²) >= 11 is 0. The van der Waals surface area contributed by atoms with E-state index in [1.807, 2.05) is 0 Å². The normalized spacial score (nSPS) is 11.1. The van der Waals surface area contributed by atoms with E-state index in [0.29, 0.717) is 0 Å². The number of rotatable bonds is 2. The molecule has 16 heavy (non-hydrogen) atoms. The van der Waals surface area contributed by atoms with Crippen LogP contribution in [0.25, 0.3) is 17.0 Å². The summed E-state index contributed by atoms with van der Waals surface area (Å²) in [7, 11) is 1.31. The summed E-state index contributed by atoms with van der Waals surface area (Å²) in [6.45, 7) is 0. The minimum atomic E-state index is -0.439. The zero-order valence-corrected chi connectivity index (χ0v) is 8.66. The predicted octanol–water partition coefficient (Wildman–Crippen LogP) is 2.49. The van der Waals surface area contributed by atoms with Crippen molar-refractivity contribution in [1.29, 1.82) is 0 Å². The zero-order valence-electron chi connectivity index (χ0n) is 8.66. The van der Waals surface area contributed by atoms with E-state index in [9.17, 15) is 9.18 Å². The Morgan fingerprint density at radius 2 is 2.31 bits per heavy atom. The number of ether oxygens (including phenoxy) is 1. The molecule has 0 bridgehead atoms. The second-order valence-corrected chi connectivity index (χ2v) is 3.29.